The molecule has 2 rings (SSSR count). The second-order valence-electron chi connectivity index (χ2n) is 5.14. The Kier molecular flexibility index (Phi) is 3.82. The van der Waals surface area contributed by atoms with Gasteiger partial charge in [-0.25, -0.2) is 0 Å². The molecule has 2 N–H and O–H groups in total. The van der Waals surface area contributed by atoms with Crippen molar-refractivity contribution in [3.63, 3.8) is 0 Å². The summed E-state index contributed by atoms with van der Waals surface area (Å²) >= 11 is 0. The zero-order valence-electron chi connectivity index (χ0n) is 10.7. The van der Waals surface area contributed by atoms with Gasteiger partial charge in [-0.2, -0.15) is 0 Å². The SMILES string of the molecule is CC(C)(C(N)c1ccccc1)N1CCOCC1. The number of ether oxygens (including phenoxy) is 1. The highest BCUT2D eigenvalue weighted by atomic mass is 16.5. The molecule has 1 saturated heterocycles. The molecular weight excluding hydrogens is 212 g/mol. The minimum Gasteiger partial charge on any atom is -0.379 e. The molecule has 1 aliphatic heterocycles. The van der Waals surface area contributed by atoms with Gasteiger partial charge in [-0.1, -0.05) is 30.3 Å². The third kappa shape index (κ3) is 2.68. The second kappa shape index (κ2) is 5.17. The fraction of sp³-hybridized carbons (Fsp3) is 0.571. The van der Waals surface area contributed by atoms with Crippen LogP contribution in [0.25, 0.3) is 0 Å². The minimum absolute atomic E-state index is 0.0294. The maximum Gasteiger partial charge on any atom is 0.0594 e. The molecule has 1 fully saturated rings. The molecule has 0 amide bonds. The van der Waals surface area contributed by atoms with Gasteiger partial charge >= 0.3 is 0 Å². The summed E-state index contributed by atoms with van der Waals surface area (Å²) in [4.78, 5) is 2.42. The molecule has 1 unspecified atom stereocenters. The van der Waals surface area contributed by atoms with E-state index in [4.69, 9.17) is 10.5 Å². The standard InChI is InChI=1S/C14H22N2O/c1-14(2,16-8-10-17-11-9-16)13(15)12-6-4-3-5-7-12/h3-7,13H,8-11,15H2,1-2H3. The highest BCUT2D eigenvalue weighted by molar-refractivity contribution is 5.22. The van der Waals surface area contributed by atoms with E-state index in [1.807, 2.05) is 18.2 Å². The Labute approximate surface area is 104 Å². The van der Waals surface area contributed by atoms with E-state index in [1.54, 1.807) is 0 Å². The van der Waals surface area contributed by atoms with Crippen LogP contribution in [0.15, 0.2) is 30.3 Å². The Hall–Kier alpha value is -0.900. The Balaban J connectivity index is 2.13. The molecule has 3 heteroatoms. The lowest BCUT2D eigenvalue weighted by Crippen LogP contribution is -2.55. The van der Waals surface area contributed by atoms with Crippen LogP contribution in [0.5, 0.6) is 0 Å². The lowest BCUT2D eigenvalue weighted by atomic mass is 9.87. The number of morpholine rings is 1. The van der Waals surface area contributed by atoms with Gasteiger partial charge in [0, 0.05) is 24.7 Å². The van der Waals surface area contributed by atoms with Gasteiger partial charge in [0.05, 0.1) is 13.2 Å². The number of nitrogens with zero attached hydrogens (tertiary/aromatic N) is 1. The Morgan fingerprint density at radius 2 is 1.76 bits per heavy atom. The first-order valence-corrected chi connectivity index (χ1v) is 6.25. The fourth-order valence-corrected chi connectivity index (χ4v) is 2.40. The molecule has 1 atom stereocenters. The van der Waals surface area contributed by atoms with E-state index in [9.17, 15) is 0 Å². The van der Waals surface area contributed by atoms with Gasteiger partial charge in [0.1, 0.15) is 0 Å². The first-order chi connectivity index (χ1) is 8.12. The molecule has 1 aromatic rings. The number of benzene rings is 1. The zero-order valence-corrected chi connectivity index (χ0v) is 10.7. The average molecular weight is 234 g/mol. The van der Waals surface area contributed by atoms with Crippen molar-refractivity contribution in [1.29, 1.82) is 0 Å². The molecule has 3 nitrogen and oxygen atoms in total. The highest BCUT2D eigenvalue weighted by Crippen LogP contribution is 2.29. The van der Waals surface area contributed by atoms with Crippen LogP contribution in [0.1, 0.15) is 25.5 Å². The van der Waals surface area contributed by atoms with Crippen LogP contribution in [0, 0.1) is 0 Å². The van der Waals surface area contributed by atoms with Gasteiger partial charge in [0.15, 0.2) is 0 Å². The minimum atomic E-state index is -0.0366. The molecule has 0 radical (unpaired) electrons. The number of nitrogens with two attached hydrogens (primary N) is 1. The van der Waals surface area contributed by atoms with Crippen molar-refractivity contribution in [3.8, 4) is 0 Å². The van der Waals surface area contributed by atoms with E-state index in [-0.39, 0.29) is 11.6 Å². The molecular formula is C14H22N2O. The van der Waals surface area contributed by atoms with E-state index in [1.165, 1.54) is 5.56 Å². The van der Waals surface area contributed by atoms with Gasteiger partial charge in [0.25, 0.3) is 0 Å². The summed E-state index contributed by atoms with van der Waals surface area (Å²) in [5.41, 5.74) is 7.58. The summed E-state index contributed by atoms with van der Waals surface area (Å²) in [6, 6.07) is 10.4. The Bertz CT molecular complexity index is 344. The number of hydrogen-bond donors (Lipinski definition) is 1. The summed E-state index contributed by atoms with van der Waals surface area (Å²) in [6.07, 6.45) is 0. The van der Waals surface area contributed by atoms with Crippen molar-refractivity contribution in [2.75, 3.05) is 26.3 Å². The van der Waals surface area contributed by atoms with Crippen molar-refractivity contribution >= 4 is 0 Å². The Morgan fingerprint density at radius 1 is 1.18 bits per heavy atom. The van der Waals surface area contributed by atoms with E-state index in [0.717, 1.165) is 26.3 Å². The maximum absolute atomic E-state index is 6.42. The lowest BCUT2D eigenvalue weighted by molar-refractivity contribution is -0.0190. The molecule has 0 spiro atoms. The van der Waals surface area contributed by atoms with Gasteiger partial charge in [-0.15, -0.1) is 0 Å². The highest BCUT2D eigenvalue weighted by Gasteiger charge is 2.34. The molecule has 17 heavy (non-hydrogen) atoms. The molecule has 0 bridgehead atoms. The molecule has 0 saturated carbocycles. The fourth-order valence-electron chi connectivity index (χ4n) is 2.40. The van der Waals surface area contributed by atoms with Crippen LogP contribution >= 0.6 is 0 Å². The van der Waals surface area contributed by atoms with Crippen molar-refractivity contribution in [2.24, 2.45) is 5.73 Å². The summed E-state index contributed by atoms with van der Waals surface area (Å²) < 4.78 is 5.40. The van der Waals surface area contributed by atoms with Crippen LogP contribution in [0.4, 0.5) is 0 Å². The second-order valence-corrected chi connectivity index (χ2v) is 5.14. The van der Waals surface area contributed by atoms with E-state index in [2.05, 4.69) is 30.9 Å². The molecule has 1 aromatic carbocycles. The smallest absolute Gasteiger partial charge is 0.0594 e. The molecule has 0 aliphatic carbocycles. The maximum atomic E-state index is 6.42. The van der Waals surface area contributed by atoms with Gasteiger partial charge < -0.3 is 10.5 Å². The summed E-state index contributed by atoms with van der Waals surface area (Å²) in [7, 11) is 0. The first kappa shape index (κ1) is 12.6. The lowest BCUT2D eigenvalue weighted by Gasteiger charge is -2.44. The van der Waals surface area contributed by atoms with Gasteiger partial charge in [-0.05, 0) is 19.4 Å². The quantitative estimate of drug-likeness (QED) is 0.866. The van der Waals surface area contributed by atoms with Crippen molar-refractivity contribution in [1.82, 2.24) is 4.90 Å². The monoisotopic (exact) mass is 234 g/mol. The van der Waals surface area contributed by atoms with E-state index in [0.29, 0.717) is 0 Å². The molecule has 94 valence electrons. The van der Waals surface area contributed by atoms with Crippen LogP contribution < -0.4 is 5.73 Å². The van der Waals surface area contributed by atoms with Crippen LogP contribution in [0.2, 0.25) is 0 Å². The zero-order chi connectivity index (χ0) is 12.3. The van der Waals surface area contributed by atoms with Crippen LogP contribution in [-0.4, -0.2) is 36.7 Å². The van der Waals surface area contributed by atoms with Crippen LogP contribution in [0.3, 0.4) is 0 Å². The van der Waals surface area contributed by atoms with Gasteiger partial charge in [-0.3, -0.25) is 4.90 Å². The largest absolute Gasteiger partial charge is 0.379 e. The average Bonchev–Trinajstić information content (AvgIpc) is 2.40. The van der Waals surface area contributed by atoms with Crippen molar-refractivity contribution in [3.05, 3.63) is 35.9 Å². The normalized spacial score (nSPS) is 20.2. The van der Waals surface area contributed by atoms with Crippen molar-refractivity contribution in [2.45, 2.75) is 25.4 Å². The molecule has 1 heterocycles. The van der Waals surface area contributed by atoms with Crippen LogP contribution in [-0.2, 0) is 4.74 Å². The third-order valence-electron chi connectivity index (χ3n) is 3.75. The van der Waals surface area contributed by atoms with Gasteiger partial charge in [0.2, 0.25) is 0 Å². The Morgan fingerprint density at radius 3 is 2.35 bits per heavy atom. The summed E-state index contributed by atoms with van der Waals surface area (Å²) in [5, 5.41) is 0. The predicted molar refractivity (Wildman–Crippen MR) is 69.8 cm³/mol. The summed E-state index contributed by atoms with van der Waals surface area (Å²) in [5.74, 6) is 0. The number of rotatable bonds is 3. The molecule has 0 aromatic heterocycles. The topological polar surface area (TPSA) is 38.5 Å². The van der Waals surface area contributed by atoms with E-state index < -0.39 is 0 Å². The number of hydrogen-bond acceptors (Lipinski definition) is 3. The van der Waals surface area contributed by atoms with E-state index >= 15 is 0 Å². The van der Waals surface area contributed by atoms with Crippen molar-refractivity contribution < 1.29 is 4.74 Å². The summed E-state index contributed by atoms with van der Waals surface area (Å²) in [6.45, 7) is 7.99. The third-order valence-corrected chi connectivity index (χ3v) is 3.75. The molecule has 1 aliphatic rings. The first-order valence-electron chi connectivity index (χ1n) is 6.25. The predicted octanol–water partition coefficient (Wildman–Crippen LogP) is 1.80.